The summed E-state index contributed by atoms with van der Waals surface area (Å²) in [6.45, 7) is 8.46. The summed E-state index contributed by atoms with van der Waals surface area (Å²) in [5, 5.41) is 9.67. The molecular formula is C13H22O. The smallest absolute Gasteiger partial charge is 0.119 e. The van der Waals surface area contributed by atoms with Gasteiger partial charge in [-0.25, -0.2) is 0 Å². The topological polar surface area (TPSA) is 20.2 Å². The van der Waals surface area contributed by atoms with Crippen LogP contribution in [0.3, 0.4) is 0 Å². The van der Waals surface area contributed by atoms with Crippen molar-refractivity contribution in [3.8, 4) is 5.75 Å². The van der Waals surface area contributed by atoms with Gasteiger partial charge in [-0.3, -0.25) is 0 Å². The molecule has 0 aromatic heterocycles. The Labute approximate surface area is 87.8 Å². The Bertz CT molecular complexity index is 295. The van der Waals surface area contributed by atoms with Gasteiger partial charge in [0.2, 0.25) is 0 Å². The van der Waals surface area contributed by atoms with Crippen molar-refractivity contribution in [1.29, 1.82) is 0 Å². The van der Waals surface area contributed by atoms with Crippen molar-refractivity contribution < 1.29 is 5.11 Å². The molecule has 0 saturated carbocycles. The number of hydrogen-bond acceptors (Lipinski definition) is 1. The Morgan fingerprint density at radius 1 is 1.21 bits per heavy atom. The average molecular weight is 194 g/mol. The molecule has 0 amide bonds. The number of aryl methyl sites for hydroxylation is 1. The standard InChI is InChI=1S/C12H18O.CH4/c1-5-9-6-7-11(13)10(8-9)12(2,3)4;/h6-8,13H,5H2,1-4H3;1H4. The van der Waals surface area contributed by atoms with Gasteiger partial charge in [0.1, 0.15) is 5.75 Å². The van der Waals surface area contributed by atoms with Crippen LogP contribution >= 0.6 is 0 Å². The quantitative estimate of drug-likeness (QED) is 0.719. The van der Waals surface area contributed by atoms with Crippen molar-refractivity contribution in [1.82, 2.24) is 0 Å². The summed E-state index contributed by atoms with van der Waals surface area (Å²) in [7, 11) is 0. The zero-order valence-corrected chi connectivity index (χ0v) is 8.89. The van der Waals surface area contributed by atoms with Gasteiger partial charge in [0.15, 0.2) is 0 Å². The summed E-state index contributed by atoms with van der Waals surface area (Å²) >= 11 is 0. The van der Waals surface area contributed by atoms with Crippen LogP contribution in [0.5, 0.6) is 5.75 Å². The Morgan fingerprint density at radius 3 is 2.21 bits per heavy atom. The molecular weight excluding hydrogens is 172 g/mol. The Balaban J connectivity index is 0.00000169. The molecule has 0 aliphatic carbocycles. The first kappa shape index (κ1) is 13.0. The van der Waals surface area contributed by atoms with Crippen molar-refractivity contribution in [3.05, 3.63) is 29.3 Å². The third-order valence-corrected chi connectivity index (χ3v) is 2.28. The van der Waals surface area contributed by atoms with E-state index in [-0.39, 0.29) is 12.8 Å². The second kappa shape index (κ2) is 4.50. The summed E-state index contributed by atoms with van der Waals surface area (Å²) in [5.74, 6) is 0.407. The van der Waals surface area contributed by atoms with E-state index in [1.807, 2.05) is 6.07 Å². The largest absolute Gasteiger partial charge is 0.508 e. The van der Waals surface area contributed by atoms with Crippen molar-refractivity contribution in [2.45, 2.75) is 47.0 Å². The molecule has 0 bridgehead atoms. The van der Waals surface area contributed by atoms with Crippen LogP contribution in [0.2, 0.25) is 0 Å². The lowest BCUT2D eigenvalue weighted by atomic mass is 9.85. The fraction of sp³-hybridized carbons (Fsp3) is 0.538. The van der Waals surface area contributed by atoms with Gasteiger partial charge in [-0.2, -0.15) is 0 Å². The van der Waals surface area contributed by atoms with Crippen LogP contribution in [-0.2, 0) is 11.8 Å². The molecule has 0 radical (unpaired) electrons. The first-order valence-electron chi connectivity index (χ1n) is 4.77. The van der Waals surface area contributed by atoms with E-state index in [1.54, 1.807) is 6.07 Å². The average Bonchev–Trinajstić information content (AvgIpc) is 2.03. The Hall–Kier alpha value is -0.980. The lowest BCUT2D eigenvalue weighted by molar-refractivity contribution is 0.446. The lowest BCUT2D eigenvalue weighted by Gasteiger charge is -2.21. The van der Waals surface area contributed by atoms with Crippen LogP contribution in [0.25, 0.3) is 0 Å². The van der Waals surface area contributed by atoms with Crippen LogP contribution in [-0.4, -0.2) is 5.11 Å². The van der Waals surface area contributed by atoms with Crippen LogP contribution in [0, 0.1) is 0 Å². The van der Waals surface area contributed by atoms with Crippen LogP contribution in [0.15, 0.2) is 18.2 Å². The summed E-state index contributed by atoms with van der Waals surface area (Å²) < 4.78 is 0. The van der Waals surface area contributed by atoms with Gasteiger partial charge in [0, 0.05) is 0 Å². The van der Waals surface area contributed by atoms with E-state index in [4.69, 9.17) is 0 Å². The molecule has 0 aliphatic rings. The number of hydrogen-bond donors (Lipinski definition) is 1. The molecule has 1 rings (SSSR count). The summed E-state index contributed by atoms with van der Waals surface area (Å²) in [5.41, 5.74) is 2.34. The molecule has 0 aliphatic heterocycles. The van der Waals surface area contributed by atoms with Gasteiger partial charge in [0.25, 0.3) is 0 Å². The second-order valence-corrected chi connectivity index (χ2v) is 4.46. The summed E-state index contributed by atoms with van der Waals surface area (Å²) in [6, 6.07) is 5.86. The van der Waals surface area contributed by atoms with E-state index in [0.717, 1.165) is 12.0 Å². The predicted molar refractivity (Wildman–Crippen MR) is 62.9 cm³/mol. The fourth-order valence-electron chi connectivity index (χ4n) is 1.40. The van der Waals surface area contributed by atoms with Gasteiger partial charge < -0.3 is 5.11 Å². The number of aromatic hydroxyl groups is 1. The highest BCUT2D eigenvalue weighted by molar-refractivity contribution is 5.40. The molecule has 0 spiro atoms. The van der Waals surface area contributed by atoms with E-state index >= 15 is 0 Å². The van der Waals surface area contributed by atoms with Crippen LogP contribution in [0.4, 0.5) is 0 Å². The number of phenols is 1. The molecule has 14 heavy (non-hydrogen) atoms. The number of rotatable bonds is 1. The van der Waals surface area contributed by atoms with Crippen molar-refractivity contribution in [3.63, 3.8) is 0 Å². The molecule has 0 heterocycles. The third-order valence-electron chi connectivity index (χ3n) is 2.28. The van der Waals surface area contributed by atoms with E-state index in [0.29, 0.717) is 5.75 Å². The number of phenolic OH excluding ortho intramolecular Hbond substituents is 1. The molecule has 0 atom stereocenters. The van der Waals surface area contributed by atoms with Crippen molar-refractivity contribution in [2.24, 2.45) is 0 Å². The van der Waals surface area contributed by atoms with Gasteiger partial charge in [-0.1, -0.05) is 47.3 Å². The van der Waals surface area contributed by atoms with Crippen LogP contribution < -0.4 is 0 Å². The Kier molecular flexibility index (Phi) is 4.18. The minimum atomic E-state index is 0. The SMILES string of the molecule is C.CCc1ccc(O)c(C(C)(C)C)c1. The highest BCUT2D eigenvalue weighted by Crippen LogP contribution is 2.31. The maximum atomic E-state index is 9.67. The fourth-order valence-corrected chi connectivity index (χ4v) is 1.40. The monoisotopic (exact) mass is 194 g/mol. The highest BCUT2D eigenvalue weighted by atomic mass is 16.3. The third kappa shape index (κ3) is 2.76. The molecule has 80 valence electrons. The molecule has 0 saturated heterocycles. The van der Waals surface area contributed by atoms with E-state index < -0.39 is 0 Å². The predicted octanol–water partition coefficient (Wildman–Crippen LogP) is 3.89. The molecule has 0 fully saturated rings. The highest BCUT2D eigenvalue weighted by Gasteiger charge is 2.17. The lowest BCUT2D eigenvalue weighted by Crippen LogP contribution is -2.11. The van der Waals surface area contributed by atoms with Gasteiger partial charge in [-0.05, 0) is 29.0 Å². The maximum absolute atomic E-state index is 9.67. The van der Waals surface area contributed by atoms with E-state index in [1.165, 1.54) is 5.56 Å². The first-order valence-corrected chi connectivity index (χ1v) is 4.77. The molecule has 0 unspecified atom stereocenters. The van der Waals surface area contributed by atoms with Gasteiger partial charge in [0.05, 0.1) is 0 Å². The molecule has 1 aromatic carbocycles. The number of benzene rings is 1. The summed E-state index contributed by atoms with van der Waals surface area (Å²) in [6.07, 6.45) is 1.02. The second-order valence-electron chi connectivity index (χ2n) is 4.46. The first-order chi connectivity index (χ1) is 5.95. The molecule has 1 heteroatoms. The van der Waals surface area contributed by atoms with Crippen molar-refractivity contribution in [2.75, 3.05) is 0 Å². The van der Waals surface area contributed by atoms with Gasteiger partial charge >= 0.3 is 0 Å². The maximum Gasteiger partial charge on any atom is 0.119 e. The molecule has 1 N–H and O–H groups in total. The molecule has 1 nitrogen and oxygen atoms in total. The zero-order chi connectivity index (χ0) is 10.1. The van der Waals surface area contributed by atoms with E-state index in [2.05, 4.69) is 33.8 Å². The van der Waals surface area contributed by atoms with Crippen LogP contribution in [0.1, 0.15) is 46.2 Å². The minimum absolute atomic E-state index is 0. The van der Waals surface area contributed by atoms with E-state index in [9.17, 15) is 5.11 Å². The van der Waals surface area contributed by atoms with Gasteiger partial charge in [-0.15, -0.1) is 0 Å². The minimum Gasteiger partial charge on any atom is -0.508 e. The Morgan fingerprint density at radius 2 is 1.79 bits per heavy atom. The normalized spacial score (nSPS) is 10.9. The summed E-state index contributed by atoms with van der Waals surface area (Å²) in [4.78, 5) is 0. The zero-order valence-electron chi connectivity index (χ0n) is 8.89. The van der Waals surface area contributed by atoms with Crippen molar-refractivity contribution >= 4 is 0 Å². The molecule has 1 aromatic rings.